The van der Waals surface area contributed by atoms with E-state index in [0.717, 1.165) is 42.3 Å². The predicted octanol–water partition coefficient (Wildman–Crippen LogP) is 4.45. The van der Waals surface area contributed by atoms with E-state index in [4.69, 9.17) is 16.3 Å². The fourth-order valence-corrected chi connectivity index (χ4v) is 3.91. The molecule has 0 amide bonds. The number of rotatable bonds is 3. The summed E-state index contributed by atoms with van der Waals surface area (Å²) in [6, 6.07) is 10.9. The summed E-state index contributed by atoms with van der Waals surface area (Å²) < 4.78 is 7.16. The molecule has 0 radical (unpaired) electrons. The molecule has 5 nitrogen and oxygen atoms in total. The van der Waals surface area contributed by atoms with Gasteiger partial charge in [0.2, 0.25) is 0 Å². The van der Waals surface area contributed by atoms with Crippen LogP contribution in [0.3, 0.4) is 0 Å². The molecule has 0 saturated heterocycles. The fraction of sp³-hybridized carbons (Fsp3) is 0.286. The van der Waals surface area contributed by atoms with E-state index >= 15 is 0 Å². The molecule has 2 heterocycles. The summed E-state index contributed by atoms with van der Waals surface area (Å²) in [5, 5.41) is 1.31. The molecule has 4 rings (SSSR count). The van der Waals surface area contributed by atoms with Crippen LogP contribution < -0.4 is 0 Å². The Morgan fingerprint density at radius 2 is 1.96 bits per heavy atom. The number of aromatic nitrogens is 2. The number of hydrogen-bond acceptors (Lipinski definition) is 4. The van der Waals surface area contributed by atoms with E-state index in [1.165, 1.54) is 23.9 Å². The molecule has 0 spiro atoms. The van der Waals surface area contributed by atoms with Gasteiger partial charge in [-0.15, -0.1) is 0 Å². The smallest absolute Gasteiger partial charge is 0.339 e. The Morgan fingerprint density at radius 1 is 1.19 bits per heavy atom. The van der Waals surface area contributed by atoms with Gasteiger partial charge >= 0.3 is 5.97 Å². The van der Waals surface area contributed by atoms with E-state index in [0.29, 0.717) is 0 Å². The van der Waals surface area contributed by atoms with Crippen LogP contribution in [0.2, 0.25) is 5.15 Å². The zero-order valence-corrected chi connectivity index (χ0v) is 15.7. The van der Waals surface area contributed by atoms with Gasteiger partial charge in [0, 0.05) is 17.3 Å². The van der Waals surface area contributed by atoms with Crippen LogP contribution in [-0.4, -0.2) is 27.5 Å². The van der Waals surface area contributed by atoms with Crippen LogP contribution >= 0.6 is 11.6 Å². The van der Waals surface area contributed by atoms with Gasteiger partial charge in [-0.25, -0.2) is 9.78 Å². The minimum Gasteiger partial charge on any atom is -0.449 e. The molecule has 1 unspecified atom stereocenters. The van der Waals surface area contributed by atoms with Crippen molar-refractivity contribution in [3.05, 3.63) is 64.6 Å². The monoisotopic (exact) mass is 382 g/mol. The van der Waals surface area contributed by atoms with Crippen LogP contribution in [0, 0.1) is 0 Å². The largest absolute Gasteiger partial charge is 0.449 e. The maximum atomic E-state index is 13.2. The average molecular weight is 383 g/mol. The predicted molar refractivity (Wildman–Crippen MR) is 103 cm³/mol. The van der Waals surface area contributed by atoms with Crippen LogP contribution in [0.5, 0.6) is 0 Å². The zero-order chi connectivity index (χ0) is 19.0. The van der Waals surface area contributed by atoms with E-state index in [2.05, 4.69) is 11.1 Å². The minimum atomic E-state index is -0.911. The normalized spacial score (nSPS) is 14.6. The first-order valence-electron chi connectivity index (χ1n) is 9.04. The molecule has 0 bridgehead atoms. The lowest BCUT2D eigenvalue weighted by molar-refractivity contribution is 0.0284. The molecular formula is C21H19ClN2O3. The number of hydrogen-bond donors (Lipinski definition) is 0. The number of nitrogens with zero attached hydrogens (tertiary/aromatic N) is 2. The zero-order valence-electron chi connectivity index (χ0n) is 14.9. The van der Waals surface area contributed by atoms with Crippen molar-refractivity contribution in [2.45, 2.75) is 38.7 Å². The summed E-state index contributed by atoms with van der Waals surface area (Å²) in [6.07, 6.45) is 4.53. The van der Waals surface area contributed by atoms with Gasteiger partial charge in [0.15, 0.2) is 6.10 Å². The van der Waals surface area contributed by atoms with Crippen molar-refractivity contribution >= 4 is 34.4 Å². The molecule has 0 fully saturated rings. The molecule has 0 saturated carbocycles. The van der Waals surface area contributed by atoms with Crippen molar-refractivity contribution in [1.82, 2.24) is 9.55 Å². The molecule has 138 valence electrons. The van der Waals surface area contributed by atoms with E-state index in [-0.39, 0.29) is 16.6 Å². The highest BCUT2D eigenvalue weighted by Crippen LogP contribution is 2.32. The van der Waals surface area contributed by atoms with Crippen molar-refractivity contribution in [3.63, 3.8) is 0 Å². The third-order valence-electron chi connectivity index (χ3n) is 4.99. The number of halogens is 1. The standard InChI is InChI=1S/C21H19ClN2O3/c1-13(27-21(26)14-10-11-23-19(22)12-14)20(25)24-17-8-4-2-6-15(17)16-7-3-5-9-18(16)24/h2,4,6,8,10-13H,3,5,7,9H2,1H3. The summed E-state index contributed by atoms with van der Waals surface area (Å²) in [4.78, 5) is 29.4. The maximum Gasteiger partial charge on any atom is 0.339 e. The molecule has 1 aromatic carbocycles. The lowest BCUT2D eigenvalue weighted by Crippen LogP contribution is -2.30. The third-order valence-corrected chi connectivity index (χ3v) is 5.20. The van der Waals surface area contributed by atoms with Gasteiger partial charge in [-0.2, -0.15) is 0 Å². The Morgan fingerprint density at radius 3 is 2.78 bits per heavy atom. The second-order valence-corrected chi connectivity index (χ2v) is 7.13. The van der Waals surface area contributed by atoms with Crippen LogP contribution in [-0.2, 0) is 17.6 Å². The van der Waals surface area contributed by atoms with Crippen LogP contribution in [0.4, 0.5) is 0 Å². The number of fused-ring (bicyclic) bond motifs is 3. The summed E-state index contributed by atoms with van der Waals surface area (Å²) in [5.74, 6) is -0.826. The Labute approximate surface area is 161 Å². The Bertz CT molecular complexity index is 1040. The van der Waals surface area contributed by atoms with Gasteiger partial charge in [-0.3, -0.25) is 9.36 Å². The summed E-state index contributed by atoms with van der Waals surface area (Å²) in [5.41, 5.74) is 3.44. The lowest BCUT2D eigenvalue weighted by Gasteiger charge is -2.18. The van der Waals surface area contributed by atoms with E-state index < -0.39 is 12.1 Å². The molecule has 3 aromatic rings. The fourth-order valence-electron chi connectivity index (χ4n) is 3.74. The lowest BCUT2D eigenvalue weighted by atomic mass is 9.95. The highest BCUT2D eigenvalue weighted by atomic mass is 35.5. The van der Waals surface area contributed by atoms with Gasteiger partial charge < -0.3 is 4.74 Å². The molecule has 0 aliphatic heterocycles. The van der Waals surface area contributed by atoms with Crippen molar-refractivity contribution < 1.29 is 14.3 Å². The number of para-hydroxylation sites is 1. The van der Waals surface area contributed by atoms with Gasteiger partial charge in [0.25, 0.3) is 5.91 Å². The Balaban J connectivity index is 1.66. The van der Waals surface area contributed by atoms with Gasteiger partial charge in [-0.05, 0) is 56.4 Å². The van der Waals surface area contributed by atoms with Gasteiger partial charge in [0.1, 0.15) is 5.15 Å². The molecular weight excluding hydrogens is 364 g/mol. The molecule has 1 atom stereocenters. The molecule has 0 N–H and O–H groups in total. The number of aryl methyl sites for hydroxylation is 1. The van der Waals surface area contributed by atoms with Crippen LogP contribution in [0.1, 0.15) is 46.2 Å². The van der Waals surface area contributed by atoms with Crippen LogP contribution in [0.15, 0.2) is 42.6 Å². The summed E-state index contributed by atoms with van der Waals surface area (Å²) >= 11 is 5.82. The summed E-state index contributed by atoms with van der Waals surface area (Å²) in [7, 11) is 0. The van der Waals surface area contributed by atoms with Crippen molar-refractivity contribution in [2.24, 2.45) is 0 Å². The van der Waals surface area contributed by atoms with Crippen LogP contribution in [0.25, 0.3) is 10.9 Å². The number of carbonyl (C=O) groups is 2. The van der Waals surface area contributed by atoms with Gasteiger partial charge in [-0.1, -0.05) is 29.8 Å². The minimum absolute atomic E-state index is 0.203. The highest BCUT2D eigenvalue weighted by molar-refractivity contribution is 6.29. The maximum absolute atomic E-state index is 13.2. The van der Waals surface area contributed by atoms with Crippen molar-refractivity contribution in [1.29, 1.82) is 0 Å². The molecule has 6 heteroatoms. The Hall–Kier alpha value is -2.66. The number of ether oxygens (including phenoxy) is 1. The SMILES string of the molecule is CC(OC(=O)c1ccnc(Cl)c1)C(=O)n1c2c(c3ccccc31)CCCC2. The average Bonchev–Trinajstić information content (AvgIpc) is 3.02. The number of carbonyl (C=O) groups excluding carboxylic acids is 2. The molecule has 2 aromatic heterocycles. The first-order chi connectivity index (χ1) is 13.1. The summed E-state index contributed by atoms with van der Waals surface area (Å²) in [6.45, 7) is 1.60. The first-order valence-corrected chi connectivity index (χ1v) is 9.42. The van der Waals surface area contributed by atoms with E-state index in [1.54, 1.807) is 11.5 Å². The topological polar surface area (TPSA) is 61.2 Å². The first kappa shape index (κ1) is 17.7. The van der Waals surface area contributed by atoms with Crippen molar-refractivity contribution in [3.8, 4) is 0 Å². The molecule has 1 aliphatic carbocycles. The third kappa shape index (κ3) is 3.23. The quantitative estimate of drug-likeness (QED) is 0.495. The number of pyridine rings is 1. The van der Waals surface area contributed by atoms with E-state index in [9.17, 15) is 9.59 Å². The van der Waals surface area contributed by atoms with Gasteiger partial charge in [0.05, 0.1) is 11.1 Å². The molecule has 1 aliphatic rings. The highest BCUT2D eigenvalue weighted by Gasteiger charge is 2.28. The number of benzene rings is 1. The second kappa shape index (κ2) is 7.16. The van der Waals surface area contributed by atoms with E-state index in [1.807, 2.05) is 18.2 Å². The number of esters is 1. The van der Waals surface area contributed by atoms with Crippen molar-refractivity contribution in [2.75, 3.05) is 0 Å². The Kier molecular flexibility index (Phi) is 4.70. The molecule has 27 heavy (non-hydrogen) atoms. The second-order valence-electron chi connectivity index (χ2n) is 6.74.